The fourth-order valence-electron chi connectivity index (χ4n) is 3.05. The second kappa shape index (κ2) is 10.8. The van der Waals surface area contributed by atoms with Crippen LogP contribution in [0.5, 0.6) is 5.75 Å². The standard InChI is InChI=1S/C24H18ClFN4O2.ClH/c1-2-23(31)29-17-6-8-21-19(11-17)24(28-14-27-21)30-18-7-9-22(20(25)12-18)32-13-15-4-3-5-16(26)10-15;/h2-12,14H,1,13H2,(H,29,31)(H,27,28,30);1H. The SMILES string of the molecule is C=CC(=O)Nc1ccc2ncnc(Nc3ccc(OCc4cccc(F)c4)c(Cl)c3)c2c1.Cl. The van der Waals surface area contributed by atoms with Crippen molar-refractivity contribution in [3.05, 3.63) is 96.0 Å². The molecule has 2 N–H and O–H groups in total. The molecule has 0 spiro atoms. The Morgan fingerprint density at radius 3 is 2.67 bits per heavy atom. The van der Waals surface area contributed by atoms with Crippen LogP contribution in [-0.4, -0.2) is 15.9 Å². The maximum absolute atomic E-state index is 13.3. The number of rotatable bonds is 7. The molecule has 0 bridgehead atoms. The summed E-state index contributed by atoms with van der Waals surface area (Å²) in [6.45, 7) is 3.65. The number of ether oxygens (including phenoxy) is 1. The number of carbonyl (C=O) groups excluding carboxylic acids is 1. The molecule has 1 heterocycles. The van der Waals surface area contributed by atoms with Crippen molar-refractivity contribution in [2.45, 2.75) is 6.61 Å². The highest BCUT2D eigenvalue weighted by molar-refractivity contribution is 6.32. The lowest BCUT2D eigenvalue weighted by atomic mass is 10.2. The summed E-state index contributed by atoms with van der Waals surface area (Å²) in [7, 11) is 0. The number of nitrogens with zero attached hydrogens (tertiary/aromatic N) is 2. The van der Waals surface area contributed by atoms with Crippen molar-refractivity contribution in [1.82, 2.24) is 9.97 Å². The summed E-state index contributed by atoms with van der Waals surface area (Å²) >= 11 is 6.38. The molecule has 3 aromatic carbocycles. The predicted octanol–water partition coefficient (Wildman–Crippen LogP) is 6.29. The van der Waals surface area contributed by atoms with Crippen molar-refractivity contribution in [2.75, 3.05) is 10.6 Å². The maximum Gasteiger partial charge on any atom is 0.247 e. The molecule has 1 amide bonds. The number of anilines is 3. The van der Waals surface area contributed by atoms with Crippen molar-refractivity contribution in [3.63, 3.8) is 0 Å². The Labute approximate surface area is 200 Å². The molecule has 9 heteroatoms. The summed E-state index contributed by atoms with van der Waals surface area (Å²) in [6, 6.07) is 16.7. The van der Waals surface area contributed by atoms with E-state index < -0.39 is 0 Å². The first kappa shape index (κ1) is 24.0. The Morgan fingerprint density at radius 1 is 1.09 bits per heavy atom. The summed E-state index contributed by atoms with van der Waals surface area (Å²) in [6.07, 6.45) is 2.65. The van der Waals surface area contributed by atoms with Crippen molar-refractivity contribution in [3.8, 4) is 5.75 Å². The van der Waals surface area contributed by atoms with Gasteiger partial charge in [0.05, 0.1) is 10.5 Å². The second-order valence-electron chi connectivity index (χ2n) is 6.84. The molecule has 0 aliphatic carbocycles. The van der Waals surface area contributed by atoms with E-state index in [4.69, 9.17) is 16.3 Å². The summed E-state index contributed by atoms with van der Waals surface area (Å²) in [5, 5.41) is 7.05. The highest BCUT2D eigenvalue weighted by atomic mass is 35.5. The van der Waals surface area contributed by atoms with Crippen LogP contribution in [0.2, 0.25) is 5.02 Å². The van der Waals surface area contributed by atoms with Gasteiger partial charge in [-0.1, -0.05) is 30.3 Å². The van der Waals surface area contributed by atoms with Gasteiger partial charge in [0.1, 0.15) is 30.3 Å². The minimum absolute atomic E-state index is 0. The molecule has 0 atom stereocenters. The topological polar surface area (TPSA) is 76.1 Å². The van der Waals surface area contributed by atoms with Gasteiger partial charge in [-0.05, 0) is 60.2 Å². The van der Waals surface area contributed by atoms with Crippen molar-refractivity contribution in [2.24, 2.45) is 0 Å². The van der Waals surface area contributed by atoms with Gasteiger partial charge in [0, 0.05) is 16.8 Å². The molecule has 0 fully saturated rings. The monoisotopic (exact) mass is 484 g/mol. The third-order valence-corrected chi connectivity index (χ3v) is 4.86. The van der Waals surface area contributed by atoms with E-state index in [1.807, 2.05) is 0 Å². The summed E-state index contributed by atoms with van der Waals surface area (Å²) in [5.74, 6) is 0.398. The summed E-state index contributed by atoms with van der Waals surface area (Å²) in [5.41, 5.74) is 2.70. The Morgan fingerprint density at radius 2 is 1.91 bits per heavy atom. The highest BCUT2D eigenvalue weighted by Crippen LogP contribution is 2.31. The molecule has 4 aromatic rings. The van der Waals surface area contributed by atoms with Crippen molar-refractivity contribution in [1.29, 1.82) is 0 Å². The van der Waals surface area contributed by atoms with Crippen LogP contribution < -0.4 is 15.4 Å². The van der Waals surface area contributed by atoms with E-state index in [1.165, 1.54) is 24.5 Å². The van der Waals surface area contributed by atoms with E-state index in [0.29, 0.717) is 39.0 Å². The average molecular weight is 485 g/mol. The minimum Gasteiger partial charge on any atom is -0.487 e. The van der Waals surface area contributed by atoms with E-state index in [0.717, 1.165) is 5.39 Å². The van der Waals surface area contributed by atoms with Gasteiger partial charge in [-0.25, -0.2) is 14.4 Å². The van der Waals surface area contributed by atoms with Crippen LogP contribution in [0.25, 0.3) is 10.9 Å². The molecule has 33 heavy (non-hydrogen) atoms. The molecule has 0 radical (unpaired) electrons. The Bertz CT molecular complexity index is 1320. The third-order valence-electron chi connectivity index (χ3n) is 4.57. The van der Waals surface area contributed by atoms with Gasteiger partial charge in [-0.2, -0.15) is 0 Å². The number of fused-ring (bicyclic) bond motifs is 1. The van der Waals surface area contributed by atoms with Crippen LogP contribution in [-0.2, 0) is 11.4 Å². The number of aromatic nitrogens is 2. The number of hydrogen-bond acceptors (Lipinski definition) is 5. The molecule has 0 saturated heterocycles. The van der Waals surface area contributed by atoms with Crippen LogP contribution in [0.15, 0.2) is 79.6 Å². The van der Waals surface area contributed by atoms with E-state index in [-0.39, 0.29) is 30.7 Å². The van der Waals surface area contributed by atoms with Gasteiger partial charge in [0.15, 0.2) is 0 Å². The van der Waals surface area contributed by atoms with Crippen LogP contribution in [0, 0.1) is 5.82 Å². The van der Waals surface area contributed by atoms with Gasteiger partial charge in [-0.15, -0.1) is 12.4 Å². The first-order chi connectivity index (χ1) is 15.5. The summed E-state index contributed by atoms with van der Waals surface area (Å²) in [4.78, 5) is 20.2. The highest BCUT2D eigenvalue weighted by Gasteiger charge is 2.09. The van der Waals surface area contributed by atoms with Crippen LogP contribution in [0.4, 0.5) is 21.6 Å². The molecule has 1 aromatic heterocycles. The molecule has 168 valence electrons. The lowest BCUT2D eigenvalue weighted by Gasteiger charge is -2.12. The zero-order valence-corrected chi connectivity index (χ0v) is 18.8. The molecule has 0 saturated carbocycles. The smallest absolute Gasteiger partial charge is 0.247 e. The van der Waals surface area contributed by atoms with Crippen LogP contribution >= 0.6 is 24.0 Å². The van der Waals surface area contributed by atoms with Gasteiger partial charge < -0.3 is 15.4 Å². The molecule has 6 nitrogen and oxygen atoms in total. The van der Waals surface area contributed by atoms with E-state index in [1.54, 1.807) is 48.5 Å². The van der Waals surface area contributed by atoms with E-state index in [9.17, 15) is 9.18 Å². The van der Waals surface area contributed by atoms with Crippen LogP contribution in [0.1, 0.15) is 5.56 Å². The predicted molar refractivity (Wildman–Crippen MR) is 131 cm³/mol. The first-order valence-corrected chi connectivity index (χ1v) is 10.0. The molecular formula is C24H19Cl2FN4O2. The average Bonchev–Trinajstić information content (AvgIpc) is 2.79. The summed E-state index contributed by atoms with van der Waals surface area (Å²) < 4.78 is 19.0. The second-order valence-corrected chi connectivity index (χ2v) is 7.24. The number of amides is 1. The molecule has 0 aliphatic heterocycles. The van der Waals surface area contributed by atoms with Gasteiger partial charge >= 0.3 is 0 Å². The van der Waals surface area contributed by atoms with E-state index >= 15 is 0 Å². The molecular weight excluding hydrogens is 466 g/mol. The zero-order chi connectivity index (χ0) is 22.5. The quantitative estimate of drug-likeness (QED) is 0.301. The minimum atomic E-state index is -0.318. The van der Waals surface area contributed by atoms with Crippen molar-refractivity contribution < 1.29 is 13.9 Å². The fraction of sp³-hybridized carbons (Fsp3) is 0.0417. The third kappa shape index (κ3) is 5.97. The van der Waals surface area contributed by atoms with Crippen LogP contribution in [0.3, 0.4) is 0 Å². The molecule has 0 aliphatic rings. The number of carbonyl (C=O) groups is 1. The Hall–Kier alpha value is -3.68. The molecule has 0 unspecified atom stereocenters. The lowest BCUT2D eigenvalue weighted by Crippen LogP contribution is -2.07. The van der Waals surface area contributed by atoms with Gasteiger partial charge in [0.25, 0.3) is 0 Å². The Balaban J connectivity index is 0.00000306. The number of nitrogens with one attached hydrogen (secondary N) is 2. The number of hydrogen-bond donors (Lipinski definition) is 2. The van der Waals surface area contributed by atoms with Crippen molar-refractivity contribution >= 4 is 58.0 Å². The van der Waals surface area contributed by atoms with E-state index in [2.05, 4.69) is 27.2 Å². The zero-order valence-electron chi connectivity index (χ0n) is 17.2. The first-order valence-electron chi connectivity index (χ1n) is 9.64. The fourth-order valence-corrected chi connectivity index (χ4v) is 3.28. The normalized spacial score (nSPS) is 10.2. The lowest BCUT2D eigenvalue weighted by molar-refractivity contribution is -0.111. The maximum atomic E-state index is 13.3. The number of benzene rings is 3. The molecule has 4 rings (SSSR count). The van der Waals surface area contributed by atoms with Gasteiger partial charge in [-0.3, -0.25) is 4.79 Å². The van der Waals surface area contributed by atoms with Gasteiger partial charge in [0.2, 0.25) is 5.91 Å². The number of halogens is 3. The largest absolute Gasteiger partial charge is 0.487 e. The Kier molecular flexibility index (Phi) is 7.82.